The standard InChI is InChI=1S/C6H10N2O2S/c1-3-11(9,10)6-7-4-5-8(6)2/h4-5H,3H2,1-2H3. The summed E-state index contributed by atoms with van der Waals surface area (Å²) in [6, 6.07) is 0. The maximum absolute atomic E-state index is 11.2. The Bertz CT molecular complexity index is 339. The quantitative estimate of drug-likeness (QED) is 0.644. The minimum absolute atomic E-state index is 0.0951. The van der Waals surface area contributed by atoms with Gasteiger partial charge in [-0.25, -0.2) is 13.4 Å². The molecule has 1 aromatic rings. The third-order valence-corrected chi connectivity index (χ3v) is 3.14. The zero-order valence-corrected chi connectivity index (χ0v) is 7.30. The summed E-state index contributed by atoms with van der Waals surface area (Å²) in [7, 11) is -1.47. The first-order chi connectivity index (χ1) is 5.08. The van der Waals surface area contributed by atoms with Crippen molar-refractivity contribution in [2.24, 2.45) is 7.05 Å². The largest absolute Gasteiger partial charge is 0.325 e. The van der Waals surface area contributed by atoms with Gasteiger partial charge in [-0.05, 0) is 0 Å². The van der Waals surface area contributed by atoms with Crippen LogP contribution in [-0.2, 0) is 16.9 Å². The predicted octanol–water partition coefficient (Wildman–Crippen LogP) is 0.214. The lowest BCUT2D eigenvalue weighted by Gasteiger charge is -1.98. The molecule has 4 nitrogen and oxygen atoms in total. The first-order valence-corrected chi connectivity index (χ1v) is 4.93. The summed E-state index contributed by atoms with van der Waals surface area (Å²) in [6.45, 7) is 1.60. The zero-order chi connectivity index (χ0) is 8.48. The fourth-order valence-corrected chi connectivity index (χ4v) is 1.76. The maximum Gasteiger partial charge on any atom is 0.227 e. The van der Waals surface area contributed by atoms with Gasteiger partial charge >= 0.3 is 0 Å². The van der Waals surface area contributed by atoms with Gasteiger partial charge < -0.3 is 4.57 Å². The number of sulfone groups is 1. The molecular weight excluding hydrogens is 164 g/mol. The van der Waals surface area contributed by atoms with Crippen molar-refractivity contribution in [1.82, 2.24) is 9.55 Å². The molecular formula is C6H10N2O2S. The molecule has 62 valence electrons. The molecule has 0 saturated heterocycles. The van der Waals surface area contributed by atoms with Crippen LogP contribution in [0.2, 0.25) is 0 Å². The molecule has 0 radical (unpaired) electrons. The molecule has 11 heavy (non-hydrogen) atoms. The average Bonchev–Trinajstić information content (AvgIpc) is 2.36. The van der Waals surface area contributed by atoms with Crippen molar-refractivity contribution in [3.05, 3.63) is 12.4 Å². The molecule has 1 heterocycles. The third kappa shape index (κ3) is 1.42. The van der Waals surface area contributed by atoms with Crippen LogP contribution in [-0.4, -0.2) is 23.7 Å². The van der Waals surface area contributed by atoms with Crippen LogP contribution in [0.1, 0.15) is 6.92 Å². The second-order valence-electron chi connectivity index (χ2n) is 2.22. The molecule has 0 saturated carbocycles. The molecule has 0 fully saturated rings. The summed E-state index contributed by atoms with van der Waals surface area (Å²) in [4.78, 5) is 3.73. The topological polar surface area (TPSA) is 52.0 Å². The summed E-state index contributed by atoms with van der Waals surface area (Å²) in [6.07, 6.45) is 3.09. The number of hydrogen-bond donors (Lipinski definition) is 0. The second kappa shape index (κ2) is 2.65. The van der Waals surface area contributed by atoms with Crippen molar-refractivity contribution in [2.45, 2.75) is 12.1 Å². The molecule has 0 amide bonds. The van der Waals surface area contributed by atoms with Gasteiger partial charge in [-0.2, -0.15) is 0 Å². The van der Waals surface area contributed by atoms with E-state index in [9.17, 15) is 8.42 Å². The Labute approximate surface area is 65.8 Å². The van der Waals surface area contributed by atoms with Crippen molar-refractivity contribution >= 4 is 9.84 Å². The lowest BCUT2D eigenvalue weighted by atomic mass is 10.9. The van der Waals surface area contributed by atoms with Gasteiger partial charge in [-0.3, -0.25) is 0 Å². The van der Waals surface area contributed by atoms with Crippen molar-refractivity contribution in [3.8, 4) is 0 Å². The minimum Gasteiger partial charge on any atom is -0.325 e. The molecule has 0 unspecified atom stereocenters. The van der Waals surface area contributed by atoms with Gasteiger partial charge in [0.05, 0.1) is 5.75 Å². The van der Waals surface area contributed by atoms with Crippen molar-refractivity contribution in [3.63, 3.8) is 0 Å². The normalized spacial score (nSPS) is 11.8. The van der Waals surface area contributed by atoms with Gasteiger partial charge in [0.2, 0.25) is 15.0 Å². The zero-order valence-electron chi connectivity index (χ0n) is 6.48. The summed E-state index contributed by atoms with van der Waals surface area (Å²) in [5.74, 6) is 0.0951. The van der Waals surface area contributed by atoms with Crippen LogP contribution in [0.3, 0.4) is 0 Å². The van der Waals surface area contributed by atoms with Crippen LogP contribution in [0.5, 0.6) is 0 Å². The van der Waals surface area contributed by atoms with Crippen LogP contribution in [0.4, 0.5) is 0 Å². The van der Waals surface area contributed by atoms with E-state index in [1.165, 1.54) is 10.8 Å². The summed E-state index contributed by atoms with van der Waals surface area (Å²) in [5, 5.41) is 0.139. The Morgan fingerprint density at radius 2 is 2.27 bits per heavy atom. The maximum atomic E-state index is 11.2. The van der Waals surface area contributed by atoms with E-state index < -0.39 is 9.84 Å². The van der Waals surface area contributed by atoms with E-state index in [0.717, 1.165) is 0 Å². The Kier molecular flexibility index (Phi) is 1.99. The lowest BCUT2D eigenvalue weighted by Crippen LogP contribution is -2.09. The highest BCUT2D eigenvalue weighted by Gasteiger charge is 2.15. The number of aromatic nitrogens is 2. The van der Waals surface area contributed by atoms with Crippen LogP contribution >= 0.6 is 0 Å². The van der Waals surface area contributed by atoms with E-state index in [0.29, 0.717) is 0 Å². The molecule has 0 spiro atoms. The number of aryl methyl sites for hydroxylation is 1. The monoisotopic (exact) mass is 174 g/mol. The van der Waals surface area contributed by atoms with Crippen LogP contribution in [0, 0.1) is 0 Å². The molecule has 1 aromatic heterocycles. The fourth-order valence-electron chi connectivity index (χ4n) is 0.781. The molecule has 0 aliphatic rings. The van der Waals surface area contributed by atoms with Gasteiger partial charge in [0, 0.05) is 19.4 Å². The van der Waals surface area contributed by atoms with E-state index in [1.807, 2.05) is 0 Å². The molecule has 0 atom stereocenters. The highest BCUT2D eigenvalue weighted by Crippen LogP contribution is 2.05. The van der Waals surface area contributed by atoms with Crippen molar-refractivity contribution < 1.29 is 8.42 Å². The Balaban J connectivity index is 3.22. The van der Waals surface area contributed by atoms with Crippen molar-refractivity contribution in [2.75, 3.05) is 5.75 Å². The highest BCUT2D eigenvalue weighted by molar-refractivity contribution is 7.91. The van der Waals surface area contributed by atoms with E-state index >= 15 is 0 Å². The summed E-state index contributed by atoms with van der Waals surface area (Å²) >= 11 is 0. The highest BCUT2D eigenvalue weighted by atomic mass is 32.2. The van der Waals surface area contributed by atoms with Gasteiger partial charge in [-0.15, -0.1) is 0 Å². The second-order valence-corrected chi connectivity index (χ2v) is 4.40. The molecule has 0 aliphatic carbocycles. The van der Waals surface area contributed by atoms with Gasteiger partial charge in [0.1, 0.15) is 0 Å². The van der Waals surface area contributed by atoms with Crippen LogP contribution < -0.4 is 0 Å². The van der Waals surface area contributed by atoms with Gasteiger partial charge in [0.25, 0.3) is 0 Å². The summed E-state index contributed by atoms with van der Waals surface area (Å²) in [5.41, 5.74) is 0. The Hall–Kier alpha value is -0.840. The molecule has 5 heteroatoms. The first-order valence-electron chi connectivity index (χ1n) is 3.28. The molecule has 0 aliphatic heterocycles. The SMILES string of the molecule is CCS(=O)(=O)c1nccn1C. The smallest absolute Gasteiger partial charge is 0.227 e. The number of rotatable bonds is 2. The predicted molar refractivity (Wildman–Crippen MR) is 40.9 cm³/mol. The Morgan fingerprint density at radius 3 is 2.64 bits per heavy atom. The minimum atomic E-state index is -3.13. The average molecular weight is 174 g/mol. The van der Waals surface area contributed by atoms with Gasteiger partial charge in [-0.1, -0.05) is 6.92 Å². The van der Waals surface area contributed by atoms with E-state index in [1.54, 1.807) is 20.2 Å². The molecule has 0 N–H and O–H groups in total. The first kappa shape index (κ1) is 8.26. The van der Waals surface area contributed by atoms with E-state index in [-0.39, 0.29) is 10.9 Å². The van der Waals surface area contributed by atoms with Crippen LogP contribution in [0.25, 0.3) is 0 Å². The fraction of sp³-hybridized carbons (Fsp3) is 0.500. The van der Waals surface area contributed by atoms with E-state index in [2.05, 4.69) is 4.98 Å². The van der Waals surface area contributed by atoms with Crippen LogP contribution in [0.15, 0.2) is 17.6 Å². The number of imidazole rings is 1. The number of hydrogen-bond acceptors (Lipinski definition) is 3. The molecule has 0 aromatic carbocycles. The lowest BCUT2D eigenvalue weighted by molar-refractivity contribution is 0.580. The van der Waals surface area contributed by atoms with Crippen molar-refractivity contribution in [1.29, 1.82) is 0 Å². The number of nitrogens with zero attached hydrogens (tertiary/aromatic N) is 2. The van der Waals surface area contributed by atoms with E-state index in [4.69, 9.17) is 0 Å². The third-order valence-electron chi connectivity index (χ3n) is 1.44. The summed E-state index contributed by atoms with van der Waals surface area (Å²) < 4.78 is 23.9. The van der Waals surface area contributed by atoms with Gasteiger partial charge in [0.15, 0.2) is 0 Å². The molecule has 0 bridgehead atoms. The Morgan fingerprint density at radius 1 is 1.64 bits per heavy atom. The molecule has 1 rings (SSSR count).